The fourth-order valence-electron chi connectivity index (χ4n) is 3.35. The van der Waals surface area contributed by atoms with Gasteiger partial charge in [-0.15, -0.1) is 11.3 Å². The largest absolute Gasteiger partial charge is 0.289 e. The third-order valence-corrected chi connectivity index (χ3v) is 6.99. The zero-order chi connectivity index (χ0) is 19.7. The lowest BCUT2D eigenvalue weighted by molar-refractivity contribution is -0.387. The summed E-state index contributed by atoms with van der Waals surface area (Å²) in [7, 11) is -4.12. The number of nitro groups is 1. The molecule has 3 aromatic rings. The average Bonchev–Trinajstić information content (AvgIpc) is 3.15. The Labute approximate surface area is 166 Å². The van der Waals surface area contributed by atoms with Gasteiger partial charge in [0.15, 0.2) is 10.0 Å². The summed E-state index contributed by atoms with van der Waals surface area (Å²) < 4.78 is 27.6. The number of benzene rings is 2. The topological polar surface area (TPSA) is 102 Å². The van der Waals surface area contributed by atoms with E-state index in [2.05, 4.69) is 21.8 Å². The number of nitrogens with one attached hydrogen (secondary N) is 1. The van der Waals surface area contributed by atoms with Crippen LogP contribution in [0.25, 0.3) is 11.3 Å². The first-order valence-corrected chi connectivity index (χ1v) is 11.1. The van der Waals surface area contributed by atoms with Crippen molar-refractivity contribution in [2.24, 2.45) is 0 Å². The summed E-state index contributed by atoms with van der Waals surface area (Å²) in [5, 5.41) is 13.1. The van der Waals surface area contributed by atoms with Gasteiger partial charge in [-0.1, -0.05) is 24.3 Å². The Morgan fingerprint density at radius 3 is 2.61 bits per heavy atom. The van der Waals surface area contributed by atoms with Gasteiger partial charge in [-0.25, -0.2) is 13.4 Å². The van der Waals surface area contributed by atoms with Crippen molar-refractivity contribution in [1.29, 1.82) is 0 Å². The summed E-state index contributed by atoms with van der Waals surface area (Å²) in [5.41, 5.74) is 3.83. The number of rotatable bonds is 5. The standard InChI is InChI=1S/C19H17N3O4S2/c23-22(24)17-7-3-4-8-18(17)28(25,26)21-19-20-16(12-27-19)15-10-9-13-5-1-2-6-14(13)11-15/h3-4,7-12H,1-2,5-6H2,(H,20,21). The number of fused-ring (bicyclic) bond motifs is 1. The van der Waals surface area contributed by atoms with Crippen molar-refractivity contribution in [3.63, 3.8) is 0 Å². The van der Waals surface area contributed by atoms with Crippen molar-refractivity contribution in [2.75, 3.05) is 4.72 Å². The number of sulfonamides is 1. The fraction of sp³-hybridized carbons (Fsp3) is 0.211. The molecule has 144 valence electrons. The van der Waals surface area contributed by atoms with Gasteiger partial charge >= 0.3 is 0 Å². The Kier molecular flexibility index (Phi) is 4.86. The van der Waals surface area contributed by atoms with E-state index in [1.54, 1.807) is 5.38 Å². The van der Waals surface area contributed by atoms with Crippen LogP contribution in [0.5, 0.6) is 0 Å². The monoisotopic (exact) mass is 415 g/mol. The van der Waals surface area contributed by atoms with E-state index in [0.29, 0.717) is 5.69 Å². The lowest BCUT2D eigenvalue weighted by atomic mass is 9.90. The second-order valence-electron chi connectivity index (χ2n) is 6.56. The summed E-state index contributed by atoms with van der Waals surface area (Å²) in [6.45, 7) is 0. The van der Waals surface area contributed by atoms with Crippen LogP contribution in [0.4, 0.5) is 10.8 Å². The van der Waals surface area contributed by atoms with Gasteiger partial charge in [0.25, 0.3) is 15.7 Å². The molecule has 0 atom stereocenters. The number of thiazole rings is 1. The number of aromatic nitrogens is 1. The van der Waals surface area contributed by atoms with Crippen LogP contribution < -0.4 is 4.72 Å². The normalized spacial score (nSPS) is 13.7. The smallest absolute Gasteiger partial charge is 0.258 e. The zero-order valence-electron chi connectivity index (χ0n) is 14.8. The highest BCUT2D eigenvalue weighted by Crippen LogP contribution is 2.31. The van der Waals surface area contributed by atoms with E-state index in [1.807, 2.05) is 6.07 Å². The molecule has 0 spiro atoms. The molecule has 0 bridgehead atoms. The molecule has 4 rings (SSSR count). The number of aryl methyl sites for hydroxylation is 2. The third-order valence-electron chi connectivity index (χ3n) is 4.72. The Morgan fingerprint density at radius 1 is 1.07 bits per heavy atom. The SMILES string of the molecule is O=[N+]([O-])c1ccccc1S(=O)(=O)Nc1nc(-c2ccc3c(c2)CCCC3)cs1. The number of hydrogen-bond acceptors (Lipinski definition) is 6. The van der Waals surface area contributed by atoms with Gasteiger partial charge in [0.05, 0.1) is 10.6 Å². The maximum absolute atomic E-state index is 12.6. The molecular formula is C19H17N3O4S2. The Hall–Kier alpha value is -2.78. The van der Waals surface area contributed by atoms with E-state index in [9.17, 15) is 18.5 Å². The third kappa shape index (κ3) is 3.63. The summed E-state index contributed by atoms with van der Waals surface area (Å²) in [5.74, 6) is 0. The second kappa shape index (κ2) is 7.33. The minimum atomic E-state index is -4.12. The molecule has 0 amide bonds. The molecule has 1 aromatic heterocycles. The van der Waals surface area contributed by atoms with Gasteiger partial charge < -0.3 is 0 Å². The van der Waals surface area contributed by atoms with Crippen LogP contribution >= 0.6 is 11.3 Å². The quantitative estimate of drug-likeness (QED) is 0.491. The number of para-hydroxylation sites is 1. The van der Waals surface area contributed by atoms with Crippen molar-refractivity contribution in [3.05, 3.63) is 69.1 Å². The van der Waals surface area contributed by atoms with Gasteiger partial charge in [0, 0.05) is 17.0 Å². The lowest BCUT2D eigenvalue weighted by Crippen LogP contribution is -2.14. The summed E-state index contributed by atoms with van der Waals surface area (Å²) >= 11 is 1.15. The zero-order valence-corrected chi connectivity index (χ0v) is 16.4. The number of nitrogens with zero attached hydrogens (tertiary/aromatic N) is 2. The molecular weight excluding hydrogens is 398 g/mol. The van der Waals surface area contributed by atoms with E-state index >= 15 is 0 Å². The summed E-state index contributed by atoms with van der Waals surface area (Å²) in [4.78, 5) is 14.4. The van der Waals surface area contributed by atoms with Crippen molar-refractivity contribution < 1.29 is 13.3 Å². The summed E-state index contributed by atoms with van der Waals surface area (Å²) in [6, 6.07) is 11.5. The van der Waals surface area contributed by atoms with Gasteiger partial charge in [-0.3, -0.25) is 14.8 Å². The minimum absolute atomic E-state index is 0.172. The molecule has 1 N–H and O–H groups in total. The summed E-state index contributed by atoms with van der Waals surface area (Å²) in [6.07, 6.45) is 4.52. The predicted octanol–water partition coefficient (Wildman–Crippen LogP) is 4.40. The van der Waals surface area contributed by atoms with Crippen LogP contribution in [-0.4, -0.2) is 18.3 Å². The van der Waals surface area contributed by atoms with Gasteiger partial charge in [-0.05, 0) is 48.9 Å². The first-order chi connectivity index (χ1) is 13.4. The van der Waals surface area contributed by atoms with E-state index in [0.717, 1.165) is 35.8 Å². The van der Waals surface area contributed by atoms with Crippen LogP contribution in [0, 0.1) is 10.1 Å². The van der Waals surface area contributed by atoms with Crippen molar-refractivity contribution in [3.8, 4) is 11.3 Å². The minimum Gasteiger partial charge on any atom is -0.258 e. The van der Waals surface area contributed by atoms with Crippen LogP contribution in [0.2, 0.25) is 0 Å². The van der Waals surface area contributed by atoms with Crippen molar-refractivity contribution >= 4 is 32.2 Å². The van der Waals surface area contributed by atoms with Crippen LogP contribution in [-0.2, 0) is 22.9 Å². The highest BCUT2D eigenvalue weighted by atomic mass is 32.2. The molecule has 0 saturated carbocycles. The molecule has 1 heterocycles. The highest BCUT2D eigenvalue weighted by molar-refractivity contribution is 7.93. The number of anilines is 1. The Balaban J connectivity index is 1.61. The maximum atomic E-state index is 12.6. The molecule has 2 aromatic carbocycles. The van der Waals surface area contributed by atoms with Crippen LogP contribution in [0.3, 0.4) is 0 Å². The number of nitro benzene ring substituents is 1. The predicted molar refractivity (Wildman–Crippen MR) is 108 cm³/mol. The van der Waals surface area contributed by atoms with Gasteiger partial charge in [0.2, 0.25) is 0 Å². The Bertz CT molecular complexity index is 1160. The van der Waals surface area contributed by atoms with E-state index in [-0.39, 0.29) is 10.0 Å². The van der Waals surface area contributed by atoms with Crippen LogP contribution in [0.15, 0.2) is 52.7 Å². The van der Waals surface area contributed by atoms with Crippen LogP contribution in [0.1, 0.15) is 24.0 Å². The molecule has 0 saturated heterocycles. The molecule has 28 heavy (non-hydrogen) atoms. The van der Waals surface area contributed by atoms with E-state index in [4.69, 9.17) is 0 Å². The second-order valence-corrected chi connectivity index (χ2v) is 9.07. The first-order valence-electron chi connectivity index (χ1n) is 8.78. The molecule has 0 unspecified atom stereocenters. The van der Waals surface area contributed by atoms with Crippen molar-refractivity contribution in [1.82, 2.24) is 4.98 Å². The fourth-order valence-corrected chi connectivity index (χ4v) is 5.50. The van der Waals surface area contributed by atoms with E-state index in [1.165, 1.54) is 42.2 Å². The lowest BCUT2D eigenvalue weighted by Gasteiger charge is -2.16. The molecule has 0 radical (unpaired) electrons. The highest BCUT2D eigenvalue weighted by Gasteiger charge is 2.26. The maximum Gasteiger partial charge on any atom is 0.289 e. The Morgan fingerprint density at radius 2 is 1.82 bits per heavy atom. The first kappa shape index (κ1) is 18.6. The van der Waals surface area contributed by atoms with Crippen molar-refractivity contribution in [2.45, 2.75) is 30.6 Å². The van der Waals surface area contributed by atoms with Gasteiger partial charge in [0.1, 0.15) is 0 Å². The molecule has 0 aliphatic heterocycles. The van der Waals surface area contributed by atoms with Gasteiger partial charge in [-0.2, -0.15) is 0 Å². The molecule has 7 nitrogen and oxygen atoms in total. The molecule has 1 aliphatic carbocycles. The van der Waals surface area contributed by atoms with E-state index < -0.39 is 20.6 Å². The molecule has 0 fully saturated rings. The number of hydrogen-bond donors (Lipinski definition) is 1. The molecule has 1 aliphatic rings. The molecule has 9 heteroatoms. The average molecular weight is 415 g/mol.